The monoisotopic (exact) mass is 235 g/mol. The summed E-state index contributed by atoms with van der Waals surface area (Å²) in [6.07, 6.45) is 0. The molecule has 0 aliphatic carbocycles. The quantitative estimate of drug-likeness (QED) is 0.749. The minimum atomic E-state index is -0.990. The van der Waals surface area contributed by atoms with Crippen LogP contribution in [0.5, 0.6) is 11.5 Å². The van der Waals surface area contributed by atoms with Gasteiger partial charge < -0.3 is 19.9 Å². The van der Waals surface area contributed by atoms with Crippen molar-refractivity contribution >= 4 is 5.97 Å². The first-order valence-corrected chi connectivity index (χ1v) is 5.18. The van der Waals surface area contributed by atoms with Gasteiger partial charge in [0.2, 0.25) is 6.79 Å². The van der Waals surface area contributed by atoms with Crippen molar-refractivity contribution in [2.45, 2.75) is 6.54 Å². The van der Waals surface area contributed by atoms with Gasteiger partial charge in [-0.3, -0.25) is 0 Å². The molecule has 2 rings (SSSR count). The summed E-state index contributed by atoms with van der Waals surface area (Å²) in [7, 11) is 0. The fourth-order valence-electron chi connectivity index (χ4n) is 1.55. The standard InChI is InChI=1S/C12H13NO4/c1-8(12(14)15)5-13-6-9-3-2-4-10-11(9)17-7-16-10/h2-4,13H,1,5-7H2,(H,14,15). The zero-order valence-corrected chi connectivity index (χ0v) is 9.23. The van der Waals surface area contributed by atoms with Crippen LogP contribution in [0, 0.1) is 0 Å². The molecule has 0 atom stereocenters. The van der Waals surface area contributed by atoms with Gasteiger partial charge in [0, 0.05) is 24.2 Å². The van der Waals surface area contributed by atoms with Crippen LogP contribution in [0.2, 0.25) is 0 Å². The third kappa shape index (κ3) is 2.57. The fourth-order valence-corrected chi connectivity index (χ4v) is 1.55. The van der Waals surface area contributed by atoms with Gasteiger partial charge in [-0.1, -0.05) is 18.7 Å². The molecular weight excluding hydrogens is 222 g/mol. The second-order valence-electron chi connectivity index (χ2n) is 3.66. The van der Waals surface area contributed by atoms with Crippen molar-refractivity contribution in [3.05, 3.63) is 35.9 Å². The Hall–Kier alpha value is -2.01. The van der Waals surface area contributed by atoms with Crippen LogP contribution >= 0.6 is 0 Å². The van der Waals surface area contributed by atoms with Crippen molar-refractivity contribution in [3.63, 3.8) is 0 Å². The lowest BCUT2D eigenvalue weighted by Gasteiger charge is -2.07. The van der Waals surface area contributed by atoms with Crippen molar-refractivity contribution in [1.82, 2.24) is 5.32 Å². The largest absolute Gasteiger partial charge is 0.478 e. The lowest BCUT2D eigenvalue weighted by Crippen LogP contribution is -2.20. The van der Waals surface area contributed by atoms with Crippen LogP contribution in [0.3, 0.4) is 0 Å². The van der Waals surface area contributed by atoms with Gasteiger partial charge in [-0.05, 0) is 6.07 Å². The summed E-state index contributed by atoms with van der Waals surface area (Å²) < 4.78 is 10.6. The Balaban J connectivity index is 1.94. The third-order valence-corrected chi connectivity index (χ3v) is 2.43. The van der Waals surface area contributed by atoms with Gasteiger partial charge in [-0.15, -0.1) is 0 Å². The Kier molecular flexibility index (Phi) is 3.30. The molecule has 2 N–H and O–H groups in total. The number of carboxylic acids is 1. The third-order valence-electron chi connectivity index (χ3n) is 2.43. The van der Waals surface area contributed by atoms with E-state index in [2.05, 4.69) is 11.9 Å². The molecule has 1 aliphatic rings. The van der Waals surface area contributed by atoms with Crippen molar-refractivity contribution in [1.29, 1.82) is 0 Å². The Bertz CT molecular complexity index is 456. The molecule has 5 nitrogen and oxygen atoms in total. The molecule has 0 saturated heterocycles. The van der Waals surface area contributed by atoms with Crippen LogP contribution in [0.4, 0.5) is 0 Å². The SMILES string of the molecule is C=C(CNCc1cccc2c1OCO2)C(=O)O. The summed E-state index contributed by atoms with van der Waals surface area (Å²) in [6.45, 7) is 4.42. The molecule has 1 aromatic rings. The van der Waals surface area contributed by atoms with E-state index in [4.69, 9.17) is 14.6 Å². The fraction of sp³-hybridized carbons (Fsp3) is 0.250. The zero-order chi connectivity index (χ0) is 12.3. The number of carboxylic acid groups (broad SMARTS) is 1. The minimum absolute atomic E-state index is 0.134. The van der Waals surface area contributed by atoms with Gasteiger partial charge in [-0.25, -0.2) is 4.79 Å². The first-order valence-electron chi connectivity index (χ1n) is 5.18. The van der Waals surface area contributed by atoms with E-state index in [-0.39, 0.29) is 18.9 Å². The highest BCUT2D eigenvalue weighted by atomic mass is 16.7. The van der Waals surface area contributed by atoms with Crippen LogP contribution in [0.15, 0.2) is 30.4 Å². The number of para-hydroxylation sites is 1. The van der Waals surface area contributed by atoms with Crippen LogP contribution in [0.1, 0.15) is 5.56 Å². The van der Waals surface area contributed by atoms with Crippen molar-refractivity contribution in [2.24, 2.45) is 0 Å². The molecular formula is C12H13NO4. The number of carbonyl (C=O) groups is 1. The van der Waals surface area contributed by atoms with E-state index in [0.29, 0.717) is 6.54 Å². The molecule has 0 radical (unpaired) electrons. The number of benzene rings is 1. The first kappa shape index (κ1) is 11.5. The maximum absolute atomic E-state index is 10.5. The topological polar surface area (TPSA) is 67.8 Å². The molecule has 0 aromatic heterocycles. The summed E-state index contributed by atoms with van der Waals surface area (Å²) >= 11 is 0. The first-order chi connectivity index (χ1) is 8.18. The maximum atomic E-state index is 10.5. The number of rotatable bonds is 5. The Morgan fingerprint density at radius 1 is 1.47 bits per heavy atom. The number of fused-ring (bicyclic) bond motifs is 1. The Morgan fingerprint density at radius 3 is 3.06 bits per heavy atom. The normalized spacial score (nSPS) is 12.5. The van der Waals surface area contributed by atoms with E-state index in [1.807, 2.05) is 18.2 Å². The zero-order valence-electron chi connectivity index (χ0n) is 9.23. The van der Waals surface area contributed by atoms with Gasteiger partial charge in [0.15, 0.2) is 11.5 Å². The second-order valence-corrected chi connectivity index (χ2v) is 3.66. The maximum Gasteiger partial charge on any atom is 0.332 e. The van der Waals surface area contributed by atoms with Crippen LogP contribution in [-0.4, -0.2) is 24.4 Å². The van der Waals surface area contributed by atoms with E-state index >= 15 is 0 Å². The minimum Gasteiger partial charge on any atom is -0.478 e. The molecule has 17 heavy (non-hydrogen) atoms. The molecule has 5 heteroatoms. The number of nitrogens with one attached hydrogen (secondary N) is 1. The number of aliphatic carboxylic acids is 1. The average molecular weight is 235 g/mol. The summed E-state index contributed by atoms with van der Waals surface area (Å²) in [5.41, 5.74) is 1.08. The molecule has 1 heterocycles. The van der Waals surface area contributed by atoms with E-state index in [9.17, 15) is 4.79 Å². The van der Waals surface area contributed by atoms with Crippen molar-refractivity contribution in [2.75, 3.05) is 13.3 Å². The lowest BCUT2D eigenvalue weighted by molar-refractivity contribution is -0.132. The van der Waals surface area contributed by atoms with Crippen molar-refractivity contribution in [3.8, 4) is 11.5 Å². The molecule has 0 saturated carbocycles. The second kappa shape index (κ2) is 4.88. The number of hydrogen-bond donors (Lipinski definition) is 2. The average Bonchev–Trinajstić information content (AvgIpc) is 2.77. The highest BCUT2D eigenvalue weighted by Crippen LogP contribution is 2.35. The predicted molar refractivity (Wildman–Crippen MR) is 61.0 cm³/mol. The van der Waals surface area contributed by atoms with Gasteiger partial charge in [0.1, 0.15) is 0 Å². The summed E-state index contributed by atoms with van der Waals surface area (Å²) in [5, 5.41) is 11.6. The number of hydrogen-bond acceptors (Lipinski definition) is 4. The molecule has 1 aromatic carbocycles. The lowest BCUT2D eigenvalue weighted by atomic mass is 10.2. The van der Waals surface area contributed by atoms with E-state index in [1.165, 1.54) is 0 Å². The molecule has 90 valence electrons. The molecule has 0 fully saturated rings. The van der Waals surface area contributed by atoms with Crippen molar-refractivity contribution < 1.29 is 19.4 Å². The Morgan fingerprint density at radius 2 is 2.29 bits per heavy atom. The number of ether oxygens (including phenoxy) is 2. The Labute approximate surface area is 98.7 Å². The predicted octanol–water partition coefficient (Wildman–Crippen LogP) is 1.15. The van der Waals surface area contributed by atoms with E-state index in [0.717, 1.165) is 17.1 Å². The van der Waals surface area contributed by atoms with Gasteiger partial charge in [0.05, 0.1) is 0 Å². The van der Waals surface area contributed by atoms with E-state index < -0.39 is 5.97 Å². The molecule has 0 unspecified atom stereocenters. The summed E-state index contributed by atoms with van der Waals surface area (Å²) in [4.78, 5) is 10.5. The van der Waals surface area contributed by atoms with Crippen LogP contribution in [-0.2, 0) is 11.3 Å². The van der Waals surface area contributed by atoms with Gasteiger partial charge in [-0.2, -0.15) is 0 Å². The van der Waals surface area contributed by atoms with Gasteiger partial charge >= 0.3 is 5.97 Å². The van der Waals surface area contributed by atoms with Crippen LogP contribution < -0.4 is 14.8 Å². The molecule has 0 spiro atoms. The molecule has 0 bridgehead atoms. The van der Waals surface area contributed by atoms with Crippen LogP contribution in [0.25, 0.3) is 0 Å². The summed E-state index contributed by atoms with van der Waals surface area (Å²) in [5.74, 6) is 0.456. The van der Waals surface area contributed by atoms with Gasteiger partial charge in [0.25, 0.3) is 0 Å². The highest BCUT2D eigenvalue weighted by Gasteiger charge is 2.16. The van der Waals surface area contributed by atoms with E-state index in [1.54, 1.807) is 0 Å². The highest BCUT2D eigenvalue weighted by molar-refractivity contribution is 5.86. The summed E-state index contributed by atoms with van der Waals surface area (Å²) in [6, 6.07) is 5.61. The smallest absolute Gasteiger partial charge is 0.332 e. The molecule has 1 aliphatic heterocycles. The molecule has 0 amide bonds.